The number of amides is 2. The second kappa shape index (κ2) is 7.48. The normalized spacial score (nSPS) is 20.2. The Kier molecular flexibility index (Phi) is 5.66. The van der Waals surface area contributed by atoms with Gasteiger partial charge in [-0.15, -0.1) is 11.3 Å². The molecule has 1 atom stereocenters. The number of carbonyl (C=O) groups excluding carboxylic acids is 2. The van der Waals surface area contributed by atoms with Crippen molar-refractivity contribution in [3.05, 3.63) is 11.6 Å². The first-order chi connectivity index (χ1) is 10.0. The Morgan fingerprint density at radius 3 is 2.90 bits per heavy atom. The van der Waals surface area contributed by atoms with Crippen LogP contribution in [0.2, 0.25) is 0 Å². The standard InChI is InChI=1S/C13H21N5O2S/c1-17-4-5-18(2)10(9-17)7-11(19)15-8-12(20)16-13-14-3-6-21-13/h3,6,10H,4-5,7-9H2,1-2H3,(H,15,19)(H,14,16,20). The molecule has 0 bridgehead atoms. The summed E-state index contributed by atoms with van der Waals surface area (Å²) in [4.78, 5) is 31.9. The second-order valence-electron chi connectivity index (χ2n) is 5.26. The highest BCUT2D eigenvalue weighted by atomic mass is 32.1. The molecule has 1 unspecified atom stereocenters. The molecule has 0 saturated carbocycles. The van der Waals surface area contributed by atoms with Crippen LogP contribution in [0.5, 0.6) is 0 Å². The molecule has 1 aromatic rings. The Balaban J connectivity index is 1.70. The average molecular weight is 311 g/mol. The number of piperazine rings is 1. The van der Waals surface area contributed by atoms with Gasteiger partial charge in [0.25, 0.3) is 0 Å². The first-order valence-electron chi connectivity index (χ1n) is 6.89. The van der Waals surface area contributed by atoms with Crippen molar-refractivity contribution in [3.63, 3.8) is 0 Å². The number of nitrogens with zero attached hydrogens (tertiary/aromatic N) is 3. The summed E-state index contributed by atoms with van der Waals surface area (Å²) in [7, 11) is 4.08. The number of hydrogen-bond donors (Lipinski definition) is 2. The fourth-order valence-electron chi connectivity index (χ4n) is 2.24. The van der Waals surface area contributed by atoms with Crippen LogP contribution in [0, 0.1) is 0 Å². The van der Waals surface area contributed by atoms with Gasteiger partial charge in [-0.05, 0) is 14.1 Å². The number of thiazole rings is 1. The van der Waals surface area contributed by atoms with E-state index < -0.39 is 0 Å². The number of likely N-dealkylation sites (N-methyl/N-ethyl adjacent to an activating group) is 2. The minimum atomic E-state index is -0.257. The van der Waals surface area contributed by atoms with Crippen molar-refractivity contribution in [3.8, 4) is 0 Å². The topological polar surface area (TPSA) is 77.6 Å². The Bertz CT molecular complexity index is 479. The van der Waals surface area contributed by atoms with Crippen molar-refractivity contribution >= 4 is 28.3 Å². The zero-order valence-electron chi connectivity index (χ0n) is 12.3. The summed E-state index contributed by atoms with van der Waals surface area (Å²) in [5, 5.41) is 7.62. The van der Waals surface area contributed by atoms with Crippen LogP contribution in [0.3, 0.4) is 0 Å². The maximum Gasteiger partial charge on any atom is 0.245 e. The Labute approximate surface area is 128 Å². The minimum Gasteiger partial charge on any atom is -0.347 e. The largest absolute Gasteiger partial charge is 0.347 e. The van der Waals surface area contributed by atoms with E-state index in [-0.39, 0.29) is 24.4 Å². The van der Waals surface area contributed by atoms with Crippen LogP contribution in [-0.2, 0) is 9.59 Å². The lowest BCUT2D eigenvalue weighted by atomic mass is 10.1. The number of nitrogens with one attached hydrogen (secondary N) is 2. The van der Waals surface area contributed by atoms with Crippen molar-refractivity contribution in [2.45, 2.75) is 12.5 Å². The fraction of sp³-hybridized carbons (Fsp3) is 0.615. The molecule has 2 heterocycles. The molecule has 0 spiro atoms. The Morgan fingerprint density at radius 1 is 1.38 bits per heavy atom. The number of aromatic nitrogens is 1. The minimum absolute atomic E-state index is 0.0231. The first-order valence-corrected chi connectivity index (χ1v) is 7.77. The Hall–Kier alpha value is -1.51. The van der Waals surface area contributed by atoms with Gasteiger partial charge in [-0.25, -0.2) is 4.98 Å². The lowest BCUT2D eigenvalue weighted by molar-refractivity contribution is -0.125. The predicted octanol–water partition coefficient (Wildman–Crippen LogP) is -0.166. The van der Waals surface area contributed by atoms with Gasteiger partial charge in [-0.1, -0.05) is 0 Å². The Morgan fingerprint density at radius 2 is 2.19 bits per heavy atom. The molecule has 0 aromatic carbocycles. The van der Waals surface area contributed by atoms with Gasteiger partial charge in [-0.3, -0.25) is 9.59 Å². The number of anilines is 1. The fourth-order valence-corrected chi connectivity index (χ4v) is 2.78. The smallest absolute Gasteiger partial charge is 0.245 e. The van der Waals surface area contributed by atoms with E-state index in [1.165, 1.54) is 11.3 Å². The number of hydrogen-bond acceptors (Lipinski definition) is 6. The van der Waals surface area contributed by atoms with Crippen LogP contribution in [-0.4, -0.2) is 72.9 Å². The lowest BCUT2D eigenvalue weighted by Gasteiger charge is -2.37. The molecule has 116 valence electrons. The van der Waals surface area contributed by atoms with Crippen LogP contribution < -0.4 is 10.6 Å². The van der Waals surface area contributed by atoms with E-state index in [0.717, 1.165) is 19.6 Å². The zero-order valence-corrected chi connectivity index (χ0v) is 13.2. The molecule has 1 aromatic heterocycles. The highest BCUT2D eigenvalue weighted by Gasteiger charge is 2.24. The third kappa shape index (κ3) is 5.07. The van der Waals surface area contributed by atoms with Crippen molar-refractivity contribution in [2.75, 3.05) is 45.6 Å². The van der Waals surface area contributed by atoms with Gasteiger partial charge in [-0.2, -0.15) is 0 Å². The van der Waals surface area contributed by atoms with E-state index in [1.54, 1.807) is 11.6 Å². The third-order valence-corrected chi connectivity index (χ3v) is 4.21. The van der Waals surface area contributed by atoms with Crippen molar-refractivity contribution in [1.29, 1.82) is 0 Å². The van der Waals surface area contributed by atoms with Crippen LogP contribution in [0.25, 0.3) is 0 Å². The SMILES string of the molecule is CN1CCN(C)C(CC(=O)NCC(=O)Nc2nccs2)C1. The molecule has 2 N–H and O–H groups in total. The van der Waals surface area contributed by atoms with E-state index in [1.807, 2.05) is 7.05 Å². The summed E-state index contributed by atoms with van der Waals surface area (Å²) in [6.07, 6.45) is 2.03. The maximum atomic E-state index is 11.9. The van der Waals surface area contributed by atoms with E-state index in [2.05, 4.69) is 32.5 Å². The molecular weight excluding hydrogens is 290 g/mol. The first kappa shape index (κ1) is 15.9. The molecule has 2 amide bonds. The maximum absolute atomic E-state index is 11.9. The molecule has 1 aliphatic heterocycles. The monoisotopic (exact) mass is 311 g/mol. The molecule has 1 aliphatic rings. The molecular formula is C13H21N5O2S. The molecule has 1 saturated heterocycles. The second-order valence-corrected chi connectivity index (χ2v) is 6.16. The molecule has 1 fully saturated rings. The summed E-state index contributed by atoms with van der Waals surface area (Å²) in [6.45, 7) is 2.82. The van der Waals surface area contributed by atoms with Crippen molar-refractivity contribution in [2.24, 2.45) is 0 Å². The molecule has 8 heteroatoms. The number of rotatable bonds is 5. The van der Waals surface area contributed by atoms with Gasteiger partial charge in [0, 0.05) is 43.7 Å². The van der Waals surface area contributed by atoms with Gasteiger partial charge in [0.1, 0.15) is 0 Å². The van der Waals surface area contributed by atoms with Gasteiger partial charge < -0.3 is 20.4 Å². The van der Waals surface area contributed by atoms with Crippen LogP contribution in [0.15, 0.2) is 11.6 Å². The molecule has 0 aliphatic carbocycles. The van der Waals surface area contributed by atoms with E-state index in [4.69, 9.17) is 0 Å². The highest BCUT2D eigenvalue weighted by molar-refractivity contribution is 7.13. The zero-order chi connectivity index (χ0) is 15.2. The molecule has 21 heavy (non-hydrogen) atoms. The van der Waals surface area contributed by atoms with Crippen LogP contribution in [0.4, 0.5) is 5.13 Å². The summed E-state index contributed by atoms with van der Waals surface area (Å²) >= 11 is 1.35. The summed E-state index contributed by atoms with van der Waals surface area (Å²) in [5.74, 6) is -0.358. The lowest BCUT2D eigenvalue weighted by Crippen LogP contribution is -2.51. The van der Waals surface area contributed by atoms with Gasteiger partial charge in [0.05, 0.1) is 6.54 Å². The van der Waals surface area contributed by atoms with Gasteiger partial charge >= 0.3 is 0 Å². The van der Waals surface area contributed by atoms with Crippen molar-refractivity contribution in [1.82, 2.24) is 20.1 Å². The summed E-state index contributed by atoms with van der Waals surface area (Å²) in [6, 6.07) is 0.200. The average Bonchev–Trinajstić information content (AvgIpc) is 2.93. The van der Waals surface area contributed by atoms with E-state index >= 15 is 0 Å². The number of carbonyl (C=O) groups is 2. The quantitative estimate of drug-likeness (QED) is 0.790. The molecule has 7 nitrogen and oxygen atoms in total. The van der Waals surface area contributed by atoms with E-state index in [9.17, 15) is 9.59 Å². The van der Waals surface area contributed by atoms with Crippen LogP contribution in [0.1, 0.15) is 6.42 Å². The van der Waals surface area contributed by atoms with E-state index in [0.29, 0.717) is 11.6 Å². The highest BCUT2D eigenvalue weighted by Crippen LogP contribution is 2.10. The molecule has 2 rings (SSSR count). The van der Waals surface area contributed by atoms with Crippen LogP contribution >= 0.6 is 11.3 Å². The van der Waals surface area contributed by atoms with Gasteiger partial charge in [0.15, 0.2) is 5.13 Å². The summed E-state index contributed by atoms with van der Waals surface area (Å²) < 4.78 is 0. The third-order valence-electron chi connectivity index (χ3n) is 3.53. The van der Waals surface area contributed by atoms with Crippen molar-refractivity contribution < 1.29 is 9.59 Å². The molecule has 0 radical (unpaired) electrons. The predicted molar refractivity (Wildman–Crippen MR) is 82.3 cm³/mol. The summed E-state index contributed by atoms with van der Waals surface area (Å²) in [5.41, 5.74) is 0. The van der Waals surface area contributed by atoms with Gasteiger partial charge in [0.2, 0.25) is 11.8 Å².